The van der Waals surface area contributed by atoms with E-state index in [1.165, 1.54) is 62.9 Å². The van der Waals surface area contributed by atoms with Crippen molar-refractivity contribution < 1.29 is 0 Å². The van der Waals surface area contributed by atoms with E-state index >= 15 is 0 Å². The van der Waals surface area contributed by atoms with Gasteiger partial charge in [0, 0.05) is 25.3 Å². The summed E-state index contributed by atoms with van der Waals surface area (Å²) in [4.78, 5) is 7.17. The normalized spacial score (nSPS) is 21.3. The van der Waals surface area contributed by atoms with Crippen molar-refractivity contribution in [1.29, 1.82) is 0 Å². The minimum absolute atomic E-state index is 0.775. The highest BCUT2D eigenvalue weighted by atomic mass is 15.1. The first-order valence-electron chi connectivity index (χ1n) is 7.80. The lowest BCUT2D eigenvalue weighted by Gasteiger charge is -2.19. The molecule has 1 saturated heterocycles. The van der Waals surface area contributed by atoms with Gasteiger partial charge in [0.05, 0.1) is 5.69 Å². The third kappa shape index (κ3) is 4.29. The van der Waals surface area contributed by atoms with Gasteiger partial charge in [0.2, 0.25) is 0 Å². The molecule has 19 heavy (non-hydrogen) atoms. The lowest BCUT2D eigenvalue weighted by molar-refractivity contribution is 0.273. The zero-order chi connectivity index (χ0) is 12.9. The molecule has 1 aliphatic heterocycles. The maximum atomic E-state index is 4.62. The van der Waals surface area contributed by atoms with Crippen molar-refractivity contribution in [3.63, 3.8) is 0 Å². The van der Waals surface area contributed by atoms with E-state index in [1.54, 1.807) is 0 Å². The smallest absolute Gasteiger partial charge is 0.0544 e. The van der Waals surface area contributed by atoms with Gasteiger partial charge in [-0.15, -0.1) is 0 Å². The minimum Gasteiger partial charge on any atom is -0.310 e. The molecular weight excluding hydrogens is 234 g/mol. The number of rotatable bonds is 5. The lowest BCUT2D eigenvalue weighted by Crippen LogP contribution is -2.24. The highest BCUT2D eigenvalue weighted by molar-refractivity contribution is 5.14. The Morgan fingerprint density at radius 2 is 1.89 bits per heavy atom. The maximum Gasteiger partial charge on any atom is 0.0544 e. The monoisotopic (exact) mass is 259 g/mol. The third-order valence-electron chi connectivity index (χ3n) is 4.14. The maximum absolute atomic E-state index is 4.62. The molecule has 1 aliphatic carbocycles. The van der Waals surface area contributed by atoms with E-state index in [4.69, 9.17) is 0 Å². The van der Waals surface area contributed by atoms with Crippen molar-refractivity contribution in [3.05, 3.63) is 29.6 Å². The molecule has 0 radical (unpaired) electrons. The molecule has 0 amide bonds. The Balaban J connectivity index is 1.49. The van der Waals surface area contributed by atoms with Crippen molar-refractivity contribution >= 4 is 0 Å². The molecule has 1 aromatic heterocycles. The van der Waals surface area contributed by atoms with Crippen molar-refractivity contribution in [2.45, 2.75) is 57.7 Å². The molecule has 0 aromatic carbocycles. The highest BCUT2D eigenvalue weighted by Crippen LogP contribution is 2.19. The predicted molar refractivity (Wildman–Crippen MR) is 77.8 cm³/mol. The zero-order valence-electron chi connectivity index (χ0n) is 11.8. The fraction of sp³-hybridized carbons (Fsp3) is 0.688. The van der Waals surface area contributed by atoms with Crippen LogP contribution in [-0.2, 0) is 13.1 Å². The van der Waals surface area contributed by atoms with Gasteiger partial charge < -0.3 is 5.32 Å². The van der Waals surface area contributed by atoms with Gasteiger partial charge in [0.15, 0.2) is 0 Å². The first-order chi connectivity index (χ1) is 9.40. The van der Waals surface area contributed by atoms with Gasteiger partial charge in [-0.3, -0.25) is 9.88 Å². The number of nitrogens with one attached hydrogen (secondary N) is 1. The minimum atomic E-state index is 0.775. The van der Waals surface area contributed by atoms with Gasteiger partial charge in [0.25, 0.3) is 0 Å². The van der Waals surface area contributed by atoms with Crippen molar-refractivity contribution in [2.24, 2.45) is 0 Å². The van der Waals surface area contributed by atoms with Crippen LogP contribution in [0.3, 0.4) is 0 Å². The summed E-state index contributed by atoms with van der Waals surface area (Å²) < 4.78 is 0. The van der Waals surface area contributed by atoms with Crippen molar-refractivity contribution in [1.82, 2.24) is 15.2 Å². The molecular formula is C16H25N3. The van der Waals surface area contributed by atoms with Crippen LogP contribution in [0, 0.1) is 0 Å². The van der Waals surface area contributed by atoms with E-state index < -0.39 is 0 Å². The summed E-state index contributed by atoms with van der Waals surface area (Å²) >= 11 is 0. The molecule has 0 bridgehead atoms. The number of aromatic nitrogens is 1. The van der Waals surface area contributed by atoms with Crippen LogP contribution in [0.15, 0.2) is 18.3 Å². The molecule has 3 nitrogen and oxygen atoms in total. The number of likely N-dealkylation sites (tertiary alicyclic amines) is 1. The molecule has 0 atom stereocenters. The van der Waals surface area contributed by atoms with Crippen LogP contribution in [0.4, 0.5) is 0 Å². The van der Waals surface area contributed by atoms with Gasteiger partial charge in [-0.2, -0.15) is 0 Å². The molecule has 1 aromatic rings. The fourth-order valence-corrected chi connectivity index (χ4v) is 2.73. The molecule has 3 rings (SSSR count). The second-order valence-corrected chi connectivity index (χ2v) is 6.00. The van der Waals surface area contributed by atoms with Gasteiger partial charge in [-0.1, -0.05) is 18.9 Å². The molecule has 104 valence electrons. The first-order valence-corrected chi connectivity index (χ1v) is 7.80. The molecule has 0 unspecified atom stereocenters. The van der Waals surface area contributed by atoms with Gasteiger partial charge >= 0.3 is 0 Å². The Morgan fingerprint density at radius 3 is 2.53 bits per heavy atom. The van der Waals surface area contributed by atoms with E-state index in [0.29, 0.717) is 0 Å². The van der Waals surface area contributed by atoms with Crippen molar-refractivity contribution in [3.8, 4) is 0 Å². The van der Waals surface area contributed by atoms with Crippen LogP contribution in [0.5, 0.6) is 0 Å². The summed E-state index contributed by atoms with van der Waals surface area (Å²) in [6, 6.07) is 5.21. The van der Waals surface area contributed by atoms with E-state index in [-0.39, 0.29) is 0 Å². The summed E-state index contributed by atoms with van der Waals surface area (Å²) in [6.45, 7) is 4.48. The Morgan fingerprint density at radius 1 is 1.11 bits per heavy atom. The van der Waals surface area contributed by atoms with E-state index in [9.17, 15) is 0 Å². The van der Waals surface area contributed by atoms with Crippen molar-refractivity contribution in [2.75, 3.05) is 13.1 Å². The Kier molecular flexibility index (Phi) is 4.46. The molecule has 2 fully saturated rings. The quantitative estimate of drug-likeness (QED) is 0.881. The Bertz CT molecular complexity index is 375. The second kappa shape index (κ2) is 6.49. The average molecular weight is 259 g/mol. The summed E-state index contributed by atoms with van der Waals surface area (Å²) in [5, 5.41) is 3.53. The Labute approximate surface area is 116 Å². The second-order valence-electron chi connectivity index (χ2n) is 6.00. The van der Waals surface area contributed by atoms with Crippen LogP contribution >= 0.6 is 0 Å². The van der Waals surface area contributed by atoms with Crippen LogP contribution in [0.25, 0.3) is 0 Å². The molecule has 3 heteroatoms. The molecule has 0 spiro atoms. The van der Waals surface area contributed by atoms with Crippen LogP contribution in [0.2, 0.25) is 0 Å². The molecule has 2 aliphatic rings. The number of nitrogens with zero attached hydrogens (tertiary/aromatic N) is 2. The van der Waals surface area contributed by atoms with E-state index in [0.717, 1.165) is 19.1 Å². The SMILES string of the molecule is c1cc(CN2CCCCCC2)ncc1CNC1CC1. The number of pyridine rings is 1. The lowest BCUT2D eigenvalue weighted by atomic mass is 10.2. The molecule has 1 saturated carbocycles. The summed E-state index contributed by atoms with van der Waals surface area (Å²) in [6.07, 6.45) is 10.2. The largest absolute Gasteiger partial charge is 0.310 e. The van der Waals surface area contributed by atoms with Gasteiger partial charge in [-0.25, -0.2) is 0 Å². The summed E-state index contributed by atoms with van der Waals surface area (Å²) in [5.74, 6) is 0. The topological polar surface area (TPSA) is 28.2 Å². The number of hydrogen-bond donors (Lipinski definition) is 1. The van der Waals surface area contributed by atoms with E-state index in [2.05, 4.69) is 27.3 Å². The van der Waals surface area contributed by atoms with E-state index in [1.807, 2.05) is 6.20 Å². The Hall–Kier alpha value is -0.930. The zero-order valence-corrected chi connectivity index (χ0v) is 11.8. The van der Waals surface area contributed by atoms with Crippen LogP contribution in [-0.4, -0.2) is 29.0 Å². The van der Waals surface area contributed by atoms with Crippen LogP contribution in [0.1, 0.15) is 49.8 Å². The first kappa shape index (κ1) is 13.1. The summed E-state index contributed by atoms with van der Waals surface area (Å²) in [7, 11) is 0. The predicted octanol–water partition coefficient (Wildman–Crippen LogP) is 2.71. The average Bonchev–Trinajstić information content (AvgIpc) is 3.26. The third-order valence-corrected chi connectivity index (χ3v) is 4.14. The summed E-state index contributed by atoms with van der Waals surface area (Å²) in [5.41, 5.74) is 2.53. The standard InChI is InChI=1S/C16H25N3/c1-2-4-10-19(9-3-1)13-16-6-5-14(12-18-16)11-17-15-7-8-15/h5-6,12,15,17H,1-4,7-11,13H2. The molecule has 1 N–H and O–H groups in total. The van der Waals surface area contributed by atoms with Gasteiger partial charge in [0.1, 0.15) is 0 Å². The fourth-order valence-electron chi connectivity index (χ4n) is 2.73. The van der Waals surface area contributed by atoms with Crippen LogP contribution < -0.4 is 5.32 Å². The highest BCUT2D eigenvalue weighted by Gasteiger charge is 2.19. The molecule has 2 heterocycles. The van der Waals surface area contributed by atoms with Gasteiger partial charge in [-0.05, 0) is 50.4 Å². The number of hydrogen-bond acceptors (Lipinski definition) is 3.